The maximum absolute atomic E-state index is 12.5. The molecule has 0 aliphatic heterocycles. The van der Waals surface area contributed by atoms with Gasteiger partial charge in [-0.1, -0.05) is 68.4 Å². The van der Waals surface area contributed by atoms with E-state index in [1.807, 2.05) is 44.2 Å². The Kier molecular flexibility index (Phi) is 6.35. The fraction of sp³-hybridized carbons (Fsp3) is 0.292. The lowest BCUT2D eigenvalue weighted by molar-refractivity contribution is -0.137. The van der Waals surface area contributed by atoms with Gasteiger partial charge in [0.05, 0.1) is 18.3 Å². The van der Waals surface area contributed by atoms with Gasteiger partial charge < -0.3 is 10.6 Å². The number of nitrogens with zero attached hydrogens (tertiary/aromatic N) is 2. The van der Waals surface area contributed by atoms with Gasteiger partial charge in [-0.3, -0.25) is 9.59 Å². The van der Waals surface area contributed by atoms with E-state index in [0.29, 0.717) is 18.3 Å². The van der Waals surface area contributed by atoms with E-state index >= 15 is 0 Å². The molecular weight excluding hydrogens is 376 g/mol. The molecule has 6 heteroatoms. The zero-order valence-corrected chi connectivity index (χ0v) is 17.8. The molecule has 3 aromatic rings. The van der Waals surface area contributed by atoms with E-state index in [9.17, 15) is 9.59 Å². The lowest BCUT2D eigenvalue weighted by Crippen LogP contribution is -2.46. The predicted octanol–water partition coefficient (Wildman–Crippen LogP) is 4.04. The first-order chi connectivity index (χ1) is 14.3. The van der Waals surface area contributed by atoms with Crippen LogP contribution < -0.4 is 10.6 Å². The van der Waals surface area contributed by atoms with Gasteiger partial charge >= 0.3 is 11.8 Å². The number of rotatable bonds is 6. The van der Waals surface area contributed by atoms with Crippen LogP contribution in [-0.2, 0) is 21.7 Å². The maximum Gasteiger partial charge on any atom is 0.314 e. The summed E-state index contributed by atoms with van der Waals surface area (Å²) in [5.41, 5.74) is 2.58. The molecule has 0 fully saturated rings. The van der Waals surface area contributed by atoms with Crippen LogP contribution in [0.2, 0.25) is 0 Å². The summed E-state index contributed by atoms with van der Waals surface area (Å²) in [5.74, 6) is -0.480. The van der Waals surface area contributed by atoms with Crippen molar-refractivity contribution in [3.63, 3.8) is 0 Å². The van der Waals surface area contributed by atoms with Crippen molar-refractivity contribution in [2.24, 2.45) is 0 Å². The van der Waals surface area contributed by atoms with E-state index in [1.54, 1.807) is 16.9 Å². The number of benzene rings is 2. The minimum atomic E-state index is -0.726. The fourth-order valence-electron chi connectivity index (χ4n) is 3.19. The van der Waals surface area contributed by atoms with Crippen molar-refractivity contribution in [1.29, 1.82) is 0 Å². The Hall–Kier alpha value is -3.41. The van der Waals surface area contributed by atoms with Crippen LogP contribution in [0.1, 0.15) is 50.3 Å². The highest BCUT2D eigenvalue weighted by Crippen LogP contribution is 2.20. The van der Waals surface area contributed by atoms with E-state index in [2.05, 4.69) is 53.8 Å². The van der Waals surface area contributed by atoms with E-state index in [4.69, 9.17) is 0 Å². The second kappa shape index (κ2) is 8.95. The van der Waals surface area contributed by atoms with Crippen LogP contribution in [0.25, 0.3) is 0 Å². The van der Waals surface area contributed by atoms with Crippen molar-refractivity contribution in [3.8, 4) is 0 Å². The molecule has 0 radical (unpaired) electrons. The fourth-order valence-corrected chi connectivity index (χ4v) is 3.19. The molecule has 0 aliphatic rings. The van der Waals surface area contributed by atoms with Crippen LogP contribution in [0.4, 0.5) is 5.82 Å². The average Bonchev–Trinajstić information content (AvgIpc) is 3.15. The molecule has 2 aromatic carbocycles. The minimum Gasteiger partial charge on any atom is -0.339 e. The second-order valence-electron chi connectivity index (χ2n) is 8.17. The SMILES string of the molecule is CC(C)c1ccc(Cn2nccc2NC(=O)C(=O)NC(C)(C)c2ccccc2)cc1. The first-order valence-electron chi connectivity index (χ1n) is 10.1. The Balaban J connectivity index is 1.65. The minimum absolute atomic E-state index is 0.470. The molecule has 0 saturated carbocycles. The van der Waals surface area contributed by atoms with Crippen molar-refractivity contribution in [2.45, 2.75) is 45.7 Å². The van der Waals surface area contributed by atoms with Crippen molar-refractivity contribution in [2.75, 3.05) is 5.32 Å². The first-order valence-corrected chi connectivity index (χ1v) is 10.1. The van der Waals surface area contributed by atoms with Crippen LogP contribution in [0.3, 0.4) is 0 Å². The summed E-state index contributed by atoms with van der Waals surface area (Å²) in [6.07, 6.45) is 1.60. The van der Waals surface area contributed by atoms with Crippen molar-refractivity contribution < 1.29 is 9.59 Å². The van der Waals surface area contributed by atoms with Crippen LogP contribution in [0.15, 0.2) is 66.9 Å². The highest BCUT2D eigenvalue weighted by atomic mass is 16.2. The number of aromatic nitrogens is 2. The summed E-state index contributed by atoms with van der Waals surface area (Å²) in [7, 11) is 0. The maximum atomic E-state index is 12.5. The molecule has 1 aromatic heterocycles. The van der Waals surface area contributed by atoms with Gasteiger partial charge in [0.2, 0.25) is 0 Å². The molecule has 0 atom stereocenters. The van der Waals surface area contributed by atoms with Gasteiger partial charge in [-0.25, -0.2) is 4.68 Å². The van der Waals surface area contributed by atoms with Gasteiger partial charge in [-0.15, -0.1) is 0 Å². The Morgan fingerprint density at radius 2 is 1.63 bits per heavy atom. The molecule has 30 heavy (non-hydrogen) atoms. The molecule has 1 heterocycles. The highest BCUT2D eigenvalue weighted by Gasteiger charge is 2.26. The number of carbonyl (C=O) groups excluding carboxylic acids is 2. The number of nitrogens with one attached hydrogen (secondary N) is 2. The summed E-state index contributed by atoms with van der Waals surface area (Å²) >= 11 is 0. The highest BCUT2D eigenvalue weighted by molar-refractivity contribution is 6.39. The molecule has 156 valence electrons. The van der Waals surface area contributed by atoms with E-state index in [-0.39, 0.29) is 0 Å². The molecule has 2 amide bonds. The van der Waals surface area contributed by atoms with Gasteiger partial charge in [0.1, 0.15) is 5.82 Å². The zero-order valence-electron chi connectivity index (χ0n) is 17.8. The summed E-state index contributed by atoms with van der Waals surface area (Å²) in [6, 6.07) is 19.5. The monoisotopic (exact) mass is 404 g/mol. The summed E-state index contributed by atoms with van der Waals surface area (Å²) < 4.78 is 1.66. The summed E-state index contributed by atoms with van der Waals surface area (Å²) in [5, 5.41) is 9.73. The van der Waals surface area contributed by atoms with Gasteiger partial charge in [-0.05, 0) is 36.5 Å². The third-order valence-electron chi connectivity index (χ3n) is 5.06. The van der Waals surface area contributed by atoms with E-state index in [1.165, 1.54) is 5.56 Å². The number of hydrogen-bond acceptors (Lipinski definition) is 3. The summed E-state index contributed by atoms with van der Waals surface area (Å²) in [4.78, 5) is 25.0. The molecule has 6 nitrogen and oxygen atoms in total. The number of hydrogen-bond donors (Lipinski definition) is 2. The molecule has 3 rings (SSSR count). The predicted molar refractivity (Wildman–Crippen MR) is 118 cm³/mol. The van der Waals surface area contributed by atoms with Crippen molar-refractivity contribution >= 4 is 17.6 Å². The molecular formula is C24H28N4O2. The van der Waals surface area contributed by atoms with E-state index < -0.39 is 17.4 Å². The Morgan fingerprint density at radius 3 is 2.27 bits per heavy atom. The smallest absolute Gasteiger partial charge is 0.314 e. The van der Waals surface area contributed by atoms with Crippen LogP contribution in [0, 0.1) is 0 Å². The standard InChI is InChI=1S/C24H28N4O2/c1-17(2)19-12-10-18(11-13-19)16-28-21(14-15-25-28)26-22(29)23(30)27-24(3,4)20-8-6-5-7-9-20/h5-15,17H,16H2,1-4H3,(H,26,29)(H,27,30). The lowest BCUT2D eigenvalue weighted by atomic mass is 9.94. The molecule has 0 unspecified atom stereocenters. The lowest BCUT2D eigenvalue weighted by Gasteiger charge is -2.26. The zero-order chi connectivity index (χ0) is 21.7. The molecule has 0 saturated heterocycles. The van der Waals surface area contributed by atoms with Crippen LogP contribution in [-0.4, -0.2) is 21.6 Å². The van der Waals surface area contributed by atoms with Gasteiger partial charge in [0.25, 0.3) is 0 Å². The normalized spacial score (nSPS) is 11.4. The Bertz CT molecular complexity index is 1010. The third kappa shape index (κ3) is 5.14. The molecule has 0 spiro atoms. The average molecular weight is 405 g/mol. The Labute approximate surface area is 177 Å². The van der Waals surface area contributed by atoms with Gasteiger partial charge in [0.15, 0.2) is 0 Å². The quantitative estimate of drug-likeness (QED) is 0.609. The summed E-state index contributed by atoms with van der Waals surface area (Å²) in [6.45, 7) is 8.52. The Morgan fingerprint density at radius 1 is 0.967 bits per heavy atom. The first kappa shape index (κ1) is 21.3. The van der Waals surface area contributed by atoms with Crippen molar-refractivity contribution in [1.82, 2.24) is 15.1 Å². The largest absolute Gasteiger partial charge is 0.339 e. The van der Waals surface area contributed by atoms with Crippen molar-refractivity contribution in [3.05, 3.63) is 83.6 Å². The number of amides is 2. The third-order valence-corrected chi connectivity index (χ3v) is 5.06. The number of carbonyl (C=O) groups is 2. The van der Waals surface area contributed by atoms with E-state index in [0.717, 1.165) is 11.1 Å². The second-order valence-corrected chi connectivity index (χ2v) is 8.17. The molecule has 0 aliphatic carbocycles. The molecule has 2 N–H and O–H groups in total. The van der Waals surface area contributed by atoms with Crippen LogP contribution in [0.5, 0.6) is 0 Å². The topological polar surface area (TPSA) is 76.0 Å². The van der Waals surface area contributed by atoms with Gasteiger partial charge in [0, 0.05) is 6.07 Å². The molecule has 0 bridgehead atoms. The van der Waals surface area contributed by atoms with Crippen LogP contribution >= 0.6 is 0 Å². The number of anilines is 1. The van der Waals surface area contributed by atoms with Gasteiger partial charge in [-0.2, -0.15) is 5.10 Å².